The highest BCUT2D eigenvalue weighted by Gasteiger charge is 2.21. The van der Waals surface area contributed by atoms with Gasteiger partial charge in [0.15, 0.2) is 0 Å². The summed E-state index contributed by atoms with van der Waals surface area (Å²) in [6.45, 7) is 4.72. The summed E-state index contributed by atoms with van der Waals surface area (Å²) in [5.74, 6) is 0. The van der Waals surface area contributed by atoms with Crippen molar-refractivity contribution < 1.29 is 4.74 Å². The highest BCUT2D eigenvalue weighted by atomic mass is 16.5. The maximum Gasteiger partial charge on any atom is 0.0830 e. The Kier molecular flexibility index (Phi) is 3.79. The number of hydrogen-bond acceptors (Lipinski definition) is 1. The molecule has 1 aliphatic rings. The average molecular weight is 203 g/mol. The Morgan fingerprint density at radius 3 is 3.00 bits per heavy atom. The van der Waals surface area contributed by atoms with Gasteiger partial charge in [-0.2, -0.15) is 0 Å². The first-order valence-corrected chi connectivity index (χ1v) is 5.90. The lowest BCUT2D eigenvalue weighted by molar-refractivity contribution is 0.0516. The predicted octanol–water partition coefficient (Wildman–Crippen LogP) is 3.69. The molecule has 0 amide bonds. The van der Waals surface area contributed by atoms with Crippen molar-refractivity contribution >= 4 is 0 Å². The van der Waals surface area contributed by atoms with Crippen LogP contribution in [0.4, 0.5) is 0 Å². The van der Waals surface area contributed by atoms with Gasteiger partial charge in [0.2, 0.25) is 0 Å². The van der Waals surface area contributed by atoms with E-state index in [9.17, 15) is 0 Å². The highest BCUT2D eigenvalue weighted by molar-refractivity contribution is 5.33. The van der Waals surface area contributed by atoms with E-state index in [2.05, 4.69) is 31.2 Å². The average Bonchev–Trinajstić information content (AvgIpc) is 2.68. The SMILES string of the molecule is [CH2]CCCCOC1CCc2ccccc21. The maximum absolute atomic E-state index is 5.90. The van der Waals surface area contributed by atoms with Crippen LogP contribution in [0.2, 0.25) is 0 Å². The highest BCUT2D eigenvalue weighted by Crippen LogP contribution is 2.33. The van der Waals surface area contributed by atoms with Crippen LogP contribution in [0.5, 0.6) is 0 Å². The molecule has 0 aromatic heterocycles. The molecule has 1 atom stereocenters. The molecule has 0 aliphatic heterocycles. The Morgan fingerprint density at radius 2 is 2.13 bits per heavy atom. The summed E-state index contributed by atoms with van der Waals surface area (Å²) in [7, 11) is 0. The van der Waals surface area contributed by atoms with Gasteiger partial charge in [-0.15, -0.1) is 0 Å². The molecule has 0 saturated carbocycles. The summed E-state index contributed by atoms with van der Waals surface area (Å²) < 4.78 is 5.90. The molecule has 1 aliphatic carbocycles. The molecule has 0 saturated heterocycles. The molecule has 1 heteroatoms. The molecule has 0 bridgehead atoms. The zero-order valence-electron chi connectivity index (χ0n) is 9.24. The zero-order chi connectivity index (χ0) is 10.5. The molecule has 81 valence electrons. The molecule has 0 spiro atoms. The van der Waals surface area contributed by atoms with Crippen LogP contribution < -0.4 is 0 Å². The largest absolute Gasteiger partial charge is 0.374 e. The molecule has 1 nitrogen and oxygen atoms in total. The molecule has 1 aromatic carbocycles. The molecule has 1 aromatic rings. The van der Waals surface area contributed by atoms with Crippen molar-refractivity contribution in [1.29, 1.82) is 0 Å². The van der Waals surface area contributed by atoms with E-state index in [1.54, 1.807) is 0 Å². The fourth-order valence-electron chi connectivity index (χ4n) is 2.20. The van der Waals surface area contributed by atoms with Gasteiger partial charge in [-0.05, 0) is 30.4 Å². The monoisotopic (exact) mass is 203 g/mol. The summed E-state index contributed by atoms with van der Waals surface area (Å²) in [6.07, 6.45) is 6.02. The summed E-state index contributed by atoms with van der Waals surface area (Å²) in [5, 5.41) is 0. The lowest BCUT2D eigenvalue weighted by Crippen LogP contribution is -2.01. The van der Waals surface area contributed by atoms with E-state index >= 15 is 0 Å². The van der Waals surface area contributed by atoms with Crippen molar-refractivity contribution in [2.24, 2.45) is 0 Å². The van der Waals surface area contributed by atoms with Gasteiger partial charge in [-0.3, -0.25) is 0 Å². The molecule has 1 unspecified atom stereocenters. The topological polar surface area (TPSA) is 9.23 Å². The predicted molar refractivity (Wildman–Crippen MR) is 62.7 cm³/mol. The van der Waals surface area contributed by atoms with E-state index in [1.807, 2.05) is 0 Å². The zero-order valence-corrected chi connectivity index (χ0v) is 9.24. The Balaban J connectivity index is 1.85. The van der Waals surface area contributed by atoms with Crippen LogP contribution in [-0.4, -0.2) is 6.61 Å². The van der Waals surface area contributed by atoms with Gasteiger partial charge < -0.3 is 4.74 Å². The van der Waals surface area contributed by atoms with E-state index in [4.69, 9.17) is 4.74 Å². The second-order valence-electron chi connectivity index (χ2n) is 4.16. The second kappa shape index (κ2) is 5.32. The first-order valence-electron chi connectivity index (χ1n) is 5.90. The lowest BCUT2D eigenvalue weighted by atomic mass is 10.1. The third-order valence-corrected chi connectivity index (χ3v) is 3.04. The van der Waals surface area contributed by atoms with Crippen LogP contribution in [0.1, 0.15) is 42.9 Å². The number of fused-ring (bicyclic) bond motifs is 1. The molecule has 0 fully saturated rings. The number of aryl methyl sites for hydroxylation is 1. The second-order valence-corrected chi connectivity index (χ2v) is 4.16. The Bertz CT molecular complexity index is 306. The quantitative estimate of drug-likeness (QED) is 0.663. The van der Waals surface area contributed by atoms with E-state index in [0.29, 0.717) is 6.10 Å². The van der Waals surface area contributed by atoms with E-state index in [1.165, 1.54) is 24.0 Å². The first kappa shape index (κ1) is 10.7. The molecule has 0 N–H and O–H groups in total. The molecule has 1 radical (unpaired) electrons. The molecular formula is C14H19O. The van der Waals surface area contributed by atoms with Crippen molar-refractivity contribution in [3.8, 4) is 0 Å². The summed E-state index contributed by atoms with van der Waals surface area (Å²) >= 11 is 0. The Labute approximate surface area is 92.5 Å². The number of benzene rings is 1. The Hall–Kier alpha value is -0.820. The van der Waals surface area contributed by atoms with Gasteiger partial charge in [0.25, 0.3) is 0 Å². The molecule has 2 rings (SSSR count). The fourth-order valence-corrected chi connectivity index (χ4v) is 2.20. The van der Waals surface area contributed by atoms with Gasteiger partial charge in [0.05, 0.1) is 6.10 Å². The molecule has 15 heavy (non-hydrogen) atoms. The van der Waals surface area contributed by atoms with E-state index in [0.717, 1.165) is 25.9 Å². The third-order valence-electron chi connectivity index (χ3n) is 3.04. The summed E-state index contributed by atoms with van der Waals surface area (Å²) in [5.41, 5.74) is 2.88. The van der Waals surface area contributed by atoms with Crippen LogP contribution in [0, 0.1) is 6.92 Å². The van der Waals surface area contributed by atoms with Crippen molar-refractivity contribution in [3.05, 3.63) is 42.3 Å². The first-order chi connectivity index (χ1) is 7.42. The van der Waals surface area contributed by atoms with Gasteiger partial charge in [0.1, 0.15) is 0 Å². The number of ether oxygens (including phenoxy) is 1. The number of unbranched alkanes of at least 4 members (excludes halogenated alkanes) is 2. The van der Waals surface area contributed by atoms with Crippen LogP contribution in [0.15, 0.2) is 24.3 Å². The van der Waals surface area contributed by atoms with Gasteiger partial charge in [-0.1, -0.05) is 44.0 Å². The fraction of sp³-hybridized carbons (Fsp3) is 0.500. The van der Waals surface area contributed by atoms with Crippen LogP contribution in [-0.2, 0) is 11.2 Å². The maximum atomic E-state index is 5.90. The van der Waals surface area contributed by atoms with E-state index in [-0.39, 0.29) is 0 Å². The lowest BCUT2D eigenvalue weighted by Gasteiger charge is -2.12. The number of hydrogen-bond donors (Lipinski definition) is 0. The standard InChI is InChI=1S/C14H19O/c1-2-3-6-11-15-14-10-9-12-7-4-5-8-13(12)14/h4-5,7-8,14H,1-3,6,9-11H2. The van der Waals surface area contributed by atoms with Crippen molar-refractivity contribution in [1.82, 2.24) is 0 Å². The minimum atomic E-state index is 0.353. The summed E-state index contributed by atoms with van der Waals surface area (Å²) in [4.78, 5) is 0. The van der Waals surface area contributed by atoms with Gasteiger partial charge in [-0.25, -0.2) is 0 Å². The molecule has 0 heterocycles. The third kappa shape index (κ3) is 2.60. The van der Waals surface area contributed by atoms with E-state index < -0.39 is 0 Å². The minimum Gasteiger partial charge on any atom is -0.374 e. The van der Waals surface area contributed by atoms with Crippen LogP contribution >= 0.6 is 0 Å². The van der Waals surface area contributed by atoms with Crippen molar-refractivity contribution in [2.45, 2.75) is 38.2 Å². The van der Waals surface area contributed by atoms with Crippen molar-refractivity contribution in [2.75, 3.05) is 6.61 Å². The van der Waals surface area contributed by atoms with Crippen LogP contribution in [0.25, 0.3) is 0 Å². The molecular weight excluding hydrogens is 184 g/mol. The normalized spacial score (nSPS) is 19.1. The smallest absolute Gasteiger partial charge is 0.0830 e. The van der Waals surface area contributed by atoms with Gasteiger partial charge in [0, 0.05) is 6.61 Å². The van der Waals surface area contributed by atoms with Crippen molar-refractivity contribution in [3.63, 3.8) is 0 Å². The Morgan fingerprint density at radius 1 is 1.27 bits per heavy atom. The minimum absolute atomic E-state index is 0.353. The number of rotatable bonds is 5. The van der Waals surface area contributed by atoms with Crippen LogP contribution in [0.3, 0.4) is 0 Å². The van der Waals surface area contributed by atoms with Gasteiger partial charge >= 0.3 is 0 Å². The summed E-state index contributed by atoms with van der Waals surface area (Å²) in [6, 6.07) is 8.64.